The van der Waals surface area contributed by atoms with Gasteiger partial charge in [-0.3, -0.25) is 4.79 Å². The van der Waals surface area contributed by atoms with Gasteiger partial charge in [0.05, 0.1) is 24.1 Å². The molecule has 0 radical (unpaired) electrons. The van der Waals surface area contributed by atoms with Crippen LogP contribution in [-0.4, -0.2) is 39.9 Å². The molecule has 0 fully saturated rings. The molecule has 0 unspecified atom stereocenters. The highest BCUT2D eigenvalue weighted by atomic mass is 32.2. The zero-order valence-corrected chi connectivity index (χ0v) is 18.0. The van der Waals surface area contributed by atoms with Crippen molar-refractivity contribution in [2.24, 2.45) is 0 Å². The molecule has 0 aliphatic carbocycles. The van der Waals surface area contributed by atoms with E-state index in [0.717, 1.165) is 33.9 Å². The number of carbonyl (C=O) groups is 2. The number of methoxy groups -OCH3 is 1. The van der Waals surface area contributed by atoms with Gasteiger partial charge in [-0.25, -0.2) is 4.79 Å². The number of aromatic nitrogens is 3. The van der Waals surface area contributed by atoms with E-state index in [4.69, 9.17) is 9.15 Å². The van der Waals surface area contributed by atoms with E-state index in [0.29, 0.717) is 11.6 Å². The van der Waals surface area contributed by atoms with Crippen LogP contribution in [0.1, 0.15) is 21.6 Å². The smallest absolute Gasteiger partial charge is 0.339 e. The molecule has 9 heteroatoms. The van der Waals surface area contributed by atoms with Crippen LogP contribution >= 0.6 is 11.8 Å². The number of ether oxygens (including phenoxy) is 1. The van der Waals surface area contributed by atoms with Crippen molar-refractivity contribution < 1.29 is 18.7 Å². The molecule has 0 saturated heterocycles. The fourth-order valence-corrected chi connectivity index (χ4v) is 3.74. The molecule has 158 valence electrons. The first-order valence-corrected chi connectivity index (χ1v) is 10.5. The largest absolute Gasteiger partial charge is 0.465 e. The summed E-state index contributed by atoms with van der Waals surface area (Å²) in [7, 11) is 1.29. The molecule has 4 rings (SSSR count). The van der Waals surface area contributed by atoms with Crippen molar-refractivity contribution in [3.63, 3.8) is 0 Å². The van der Waals surface area contributed by atoms with Crippen molar-refractivity contribution >= 4 is 40.2 Å². The quantitative estimate of drug-likeness (QED) is 0.341. The molecular weight excluding hydrogens is 416 g/mol. The summed E-state index contributed by atoms with van der Waals surface area (Å²) in [5, 5.41) is 12.2. The Morgan fingerprint density at radius 2 is 1.97 bits per heavy atom. The number of amides is 1. The maximum absolute atomic E-state index is 12.3. The number of rotatable bonds is 6. The number of thioether (sulfide) groups is 1. The summed E-state index contributed by atoms with van der Waals surface area (Å²) in [4.78, 5) is 27.5. The molecule has 2 heterocycles. The second kappa shape index (κ2) is 8.65. The van der Waals surface area contributed by atoms with Crippen LogP contribution in [0.2, 0.25) is 0 Å². The first kappa shape index (κ1) is 20.7. The van der Waals surface area contributed by atoms with Gasteiger partial charge < -0.3 is 19.5 Å². The van der Waals surface area contributed by atoms with Gasteiger partial charge in [-0.1, -0.05) is 23.9 Å². The fraction of sp³-hybridized carbons (Fsp3) is 0.182. The zero-order valence-electron chi connectivity index (χ0n) is 17.2. The van der Waals surface area contributed by atoms with Gasteiger partial charge in [-0.05, 0) is 49.7 Å². The van der Waals surface area contributed by atoms with Crippen molar-refractivity contribution in [2.45, 2.75) is 19.1 Å². The van der Waals surface area contributed by atoms with Crippen molar-refractivity contribution in [3.8, 4) is 11.5 Å². The summed E-state index contributed by atoms with van der Waals surface area (Å²) in [6.45, 7) is 4.09. The predicted molar refractivity (Wildman–Crippen MR) is 118 cm³/mol. The van der Waals surface area contributed by atoms with Crippen molar-refractivity contribution in [1.82, 2.24) is 15.2 Å². The molecule has 1 amide bonds. The van der Waals surface area contributed by atoms with E-state index in [1.165, 1.54) is 12.7 Å². The normalized spacial score (nSPS) is 10.9. The lowest BCUT2D eigenvalue weighted by molar-refractivity contribution is -0.113. The highest BCUT2D eigenvalue weighted by molar-refractivity contribution is 7.99. The highest BCUT2D eigenvalue weighted by Gasteiger charge is 2.16. The third-order valence-corrected chi connectivity index (χ3v) is 5.71. The second-order valence-electron chi connectivity index (χ2n) is 6.88. The molecule has 2 aromatic heterocycles. The number of aryl methyl sites for hydroxylation is 2. The van der Waals surface area contributed by atoms with Crippen LogP contribution in [0.4, 0.5) is 5.69 Å². The Hall–Kier alpha value is -3.59. The Kier molecular flexibility index (Phi) is 5.77. The Morgan fingerprint density at radius 1 is 1.16 bits per heavy atom. The van der Waals surface area contributed by atoms with Gasteiger partial charge in [0.1, 0.15) is 0 Å². The van der Waals surface area contributed by atoms with Gasteiger partial charge in [-0.2, -0.15) is 0 Å². The number of nitrogens with one attached hydrogen (secondary N) is 2. The average molecular weight is 436 g/mol. The number of benzene rings is 2. The SMILES string of the molecule is COC(=O)c1ccccc1NC(=O)CSc1nnc(-c2ccc3[nH]c(C)c(C)c3c2)o1. The van der Waals surface area contributed by atoms with Gasteiger partial charge in [0.15, 0.2) is 0 Å². The summed E-state index contributed by atoms with van der Waals surface area (Å²) < 4.78 is 10.5. The van der Waals surface area contributed by atoms with E-state index < -0.39 is 5.97 Å². The van der Waals surface area contributed by atoms with E-state index in [-0.39, 0.29) is 22.4 Å². The average Bonchev–Trinajstić information content (AvgIpc) is 3.36. The van der Waals surface area contributed by atoms with Crippen LogP contribution in [-0.2, 0) is 9.53 Å². The van der Waals surface area contributed by atoms with Crippen LogP contribution in [0.25, 0.3) is 22.4 Å². The Labute approximate surface area is 182 Å². The van der Waals surface area contributed by atoms with E-state index in [9.17, 15) is 9.59 Å². The van der Waals surface area contributed by atoms with Gasteiger partial charge in [0.2, 0.25) is 11.8 Å². The lowest BCUT2D eigenvalue weighted by atomic mass is 10.1. The molecule has 0 atom stereocenters. The summed E-state index contributed by atoms with van der Waals surface area (Å²) >= 11 is 1.12. The number of nitrogens with zero attached hydrogens (tertiary/aromatic N) is 2. The molecular formula is C22H20N4O4S. The van der Waals surface area contributed by atoms with Crippen LogP contribution in [0.15, 0.2) is 52.1 Å². The molecule has 2 aromatic carbocycles. The monoisotopic (exact) mass is 436 g/mol. The molecule has 2 N–H and O–H groups in total. The van der Waals surface area contributed by atoms with Crippen LogP contribution in [0.5, 0.6) is 0 Å². The van der Waals surface area contributed by atoms with Gasteiger partial charge in [0, 0.05) is 22.2 Å². The third kappa shape index (κ3) is 4.31. The minimum atomic E-state index is -0.519. The topological polar surface area (TPSA) is 110 Å². The maximum atomic E-state index is 12.3. The molecule has 4 aromatic rings. The number of anilines is 1. The standard InChI is InChI=1S/C22H20N4O4S/c1-12-13(2)23-18-9-8-14(10-16(12)18)20-25-26-22(30-20)31-11-19(27)24-17-7-5-4-6-15(17)21(28)29-3/h4-10,23H,11H2,1-3H3,(H,24,27). The Bertz CT molecular complexity index is 1280. The van der Waals surface area contributed by atoms with Crippen LogP contribution < -0.4 is 5.32 Å². The minimum absolute atomic E-state index is 0.0479. The van der Waals surface area contributed by atoms with Gasteiger partial charge in [0.25, 0.3) is 5.22 Å². The second-order valence-corrected chi connectivity index (χ2v) is 7.81. The number of hydrogen-bond donors (Lipinski definition) is 2. The van der Waals surface area contributed by atoms with Crippen LogP contribution in [0, 0.1) is 13.8 Å². The van der Waals surface area contributed by atoms with Gasteiger partial charge >= 0.3 is 5.97 Å². The van der Waals surface area contributed by atoms with Gasteiger partial charge in [-0.15, -0.1) is 10.2 Å². The lowest BCUT2D eigenvalue weighted by Crippen LogP contribution is -2.17. The summed E-state index contributed by atoms with van der Waals surface area (Å²) in [6.07, 6.45) is 0. The number of fused-ring (bicyclic) bond motifs is 1. The van der Waals surface area contributed by atoms with Crippen LogP contribution in [0.3, 0.4) is 0 Å². The molecule has 0 bridgehead atoms. The predicted octanol–water partition coefficient (Wildman–Crippen LogP) is 4.35. The summed E-state index contributed by atoms with van der Waals surface area (Å²) in [5.74, 6) is -0.387. The summed E-state index contributed by atoms with van der Waals surface area (Å²) in [6, 6.07) is 12.6. The zero-order chi connectivity index (χ0) is 22.0. The number of para-hydroxylation sites is 1. The first-order valence-electron chi connectivity index (χ1n) is 9.49. The van der Waals surface area contributed by atoms with E-state index >= 15 is 0 Å². The molecule has 0 saturated carbocycles. The van der Waals surface area contributed by atoms with E-state index in [1.54, 1.807) is 24.3 Å². The van der Waals surface area contributed by atoms with E-state index in [2.05, 4.69) is 27.4 Å². The number of esters is 1. The number of carbonyl (C=O) groups excluding carboxylic acids is 2. The third-order valence-electron chi connectivity index (χ3n) is 4.89. The summed E-state index contributed by atoms with van der Waals surface area (Å²) in [5.41, 5.74) is 4.83. The first-order chi connectivity index (χ1) is 15.0. The Balaban J connectivity index is 1.43. The maximum Gasteiger partial charge on any atom is 0.339 e. The minimum Gasteiger partial charge on any atom is -0.465 e. The molecule has 31 heavy (non-hydrogen) atoms. The molecule has 0 spiro atoms. The van der Waals surface area contributed by atoms with E-state index in [1.807, 2.05) is 25.1 Å². The number of hydrogen-bond acceptors (Lipinski definition) is 7. The molecule has 0 aliphatic rings. The number of H-pyrrole nitrogens is 1. The Morgan fingerprint density at radius 3 is 2.77 bits per heavy atom. The van der Waals surface area contributed by atoms with Crippen molar-refractivity contribution in [3.05, 3.63) is 59.3 Å². The molecule has 8 nitrogen and oxygen atoms in total. The highest BCUT2D eigenvalue weighted by Crippen LogP contribution is 2.29. The fourth-order valence-electron chi connectivity index (χ4n) is 3.17. The lowest BCUT2D eigenvalue weighted by Gasteiger charge is -2.08. The van der Waals surface area contributed by atoms with Crippen molar-refractivity contribution in [1.29, 1.82) is 0 Å². The molecule has 0 aliphatic heterocycles. The number of aromatic amines is 1. The van der Waals surface area contributed by atoms with Crippen molar-refractivity contribution in [2.75, 3.05) is 18.2 Å².